The lowest BCUT2D eigenvalue weighted by atomic mass is 10.3. The van der Waals surface area contributed by atoms with Crippen LogP contribution in [0.3, 0.4) is 0 Å². The molecule has 7 heteroatoms. The summed E-state index contributed by atoms with van der Waals surface area (Å²) < 4.78 is 0. The monoisotopic (exact) mass is 326 g/mol. The molecule has 0 aliphatic rings. The van der Waals surface area contributed by atoms with Gasteiger partial charge in [0.25, 0.3) is 0 Å². The predicted octanol–water partition coefficient (Wildman–Crippen LogP) is 3.35. The summed E-state index contributed by atoms with van der Waals surface area (Å²) in [6.07, 6.45) is 5.35. The molecular weight excluding hydrogens is 308 g/mol. The Labute approximate surface area is 139 Å². The van der Waals surface area contributed by atoms with Gasteiger partial charge in [0.15, 0.2) is 5.13 Å². The van der Waals surface area contributed by atoms with Gasteiger partial charge < -0.3 is 10.6 Å². The van der Waals surface area contributed by atoms with Crippen LogP contribution in [0.2, 0.25) is 0 Å². The van der Waals surface area contributed by atoms with Crippen LogP contribution in [0.15, 0.2) is 36.8 Å². The van der Waals surface area contributed by atoms with Crippen molar-refractivity contribution in [3.63, 3.8) is 0 Å². The number of hydrogen-bond donors (Lipinski definition) is 2. The van der Waals surface area contributed by atoms with Crippen molar-refractivity contribution in [2.45, 2.75) is 20.4 Å². The Morgan fingerprint density at radius 1 is 1.13 bits per heavy atom. The van der Waals surface area contributed by atoms with Gasteiger partial charge in [-0.15, -0.1) is 0 Å². The van der Waals surface area contributed by atoms with Crippen LogP contribution in [0.25, 0.3) is 10.6 Å². The molecule has 0 radical (unpaired) electrons. The molecule has 0 saturated heterocycles. The van der Waals surface area contributed by atoms with Crippen molar-refractivity contribution in [2.75, 3.05) is 17.2 Å². The van der Waals surface area contributed by atoms with E-state index in [1.165, 1.54) is 0 Å². The minimum Gasteiger partial charge on any atom is -0.362 e. The SMILES string of the molecule is CCNc1nc(C)c(-c2ccnc(NCc3cccnc3)n2)s1. The molecule has 0 amide bonds. The fraction of sp³-hybridized carbons (Fsp3) is 0.250. The molecule has 23 heavy (non-hydrogen) atoms. The maximum atomic E-state index is 4.59. The molecular formula is C16H18N6S. The van der Waals surface area contributed by atoms with Gasteiger partial charge in [0.2, 0.25) is 5.95 Å². The van der Waals surface area contributed by atoms with E-state index in [4.69, 9.17) is 0 Å². The molecule has 0 aromatic carbocycles. The number of pyridine rings is 1. The minimum atomic E-state index is 0.601. The Hall–Kier alpha value is -2.54. The Kier molecular flexibility index (Phi) is 4.77. The van der Waals surface area contributed by atoms with Gasteiger partial charge in [-0.05, 0) is 31.5 Å². The second-order valence-corrected chi connectivity index (χ2v) is 5.94. The van der Waals surface area contributed by atoms with Crippen molar-refractivity contribution in [1.29, 1.82) is 0 Å². The molecule has 0 aliphatic carbocycles. The number of thiazole rings is 1. The molecule has 0 spiro atoms. The first-order valence-electron chi connectivity index (χ1n) is 7.43. The maximum absolute atomic E-state index is 4.59. The predicted molar refractivity (Wildman–Crippen MR) is 93.6 cm³/mol. The van der Waals surface area contributed by atoms with Crippen molar-refractivity contribution in [3.05, 3.63) is 48.0 Å². The third-order valence-electron chi connectivity index (χ3n) is 3.19. The van der Waals surface area contributed by atoms with Gasteiger partial charge >= 0.3 is 0 Å². The highest BCUT2D eigenvalue weighted by Crippen LogP contribution is 2.31. The molecule has 6 nitrogen and oxygen atoms in total. The van der Waals surface area contributed by atoms with Gasteiger partial charge in [-0.3, -0.25) is 4.98 Å². The molecule has 0 bridgehead atoms. The Balaban J connectivity index is 1.77. The second kappa shape index (κ2) is 7.15. The van der Waals surface area contributed by atoms with E-state index < -0.39 is 0 Å². The van der Waals surface area contributed by atoms with Crippen molar-refractivity contribution in [3.8, 4) is 10.6 Å². The van der Waals surface area contributed by atoms with Crippen LogP contribution in [-0.2, 0) is 6.54 Å². The highest BCUT2D eigenvalue weighted by Gasteiger charge is 2.11. The van der Waals surface area contributed by atoms with Crippen molar-refractivity contribution >= 4 is 22.4 Å². The Bertz CT molecular complexity index is 771. The Morgan fingerprint density at radius 2 is 2.04 bits per heavy atom. The molecule has 3 heterocycles. The van der Waals surface area contributed by atoms with Crippen molar-refractivity contribution in [1.82, 2.24) is 19.9 Å². The summed E-state index contributed by atoms with van der Waals surface area (Å²) in [5.74, 6) is 0.601. The largest absolute Gasteiger partial charge is 0.362 e. The highest BCUT2D eigenvalue weighted by molar-refractivity contribution is 7.19. The quantitative estimate of drug-likeness (QED) is 0.723. The van der Waals surface area contributed by atoms with Crippen LogP contribution in [0.4, 0.5) is 11.1 Å². The van der Waals surface area contributed by atoms with E-state index in [9.17, 15) is 0 Å². The van der Waals surface area contributed by atoms with E-state index in [0.717, 1.165) is 33.5 Å². The first-order valence-corrected chi connectivity index (χ1v) is 8.25. The van der Waals surface area contributed by atoms with Crippen molar-refractivity contribution < 1.29 is 0 Å². The number of aryl methyl sites for hydroxylation is 1. The molecule has 0 aliphatic heterocycles. The summed E-state index contributed by atoms with van der Waals surface area (Å²) in [6, 6.07) is 5.84. The number of nitrogens with one attached hydrogen (secondary N) is 2. The minimum absolute atomic E-state index is 0.601. The van der Waals surface area contributed by atoms with Crippen LogP contribution in [0.5, 0.6) is 0 Å². The van der Waals surface area contributed by atoms with Gasteiger partial charge in [-0.2, -0.15) is 0 Å². The van der Waals surface area contributed by atoms with E-state index >= 15 is 0 Å². The zero-order valence-electron chi connectivity index (χ0n) is 13.1. The average Bonchev–Trinajstić information content (AvgIpc) is 2.95. The zero-order valence-corrected chi connectivity index (χ0v) is 13.9. The van der Waals surface area contributed by atoms with Crippen LogP contribution < -0.4 is 10.6 Å². The summed E-state index contributed by atoms with van der Waals surface area (Å²) in [7, 11) is 0. The van der Waals surface area contributed by atoms with E-state index in [1.54, 1.807) is 23.7 Å². The summed E-state index contributed by atoms with van der Waals surface area (Å²) in [5, 5.41) is 7.39. The van der Waals surface area contributed by atoms with E-state index in [2.05, 4.69) is 37.5 Å². The molecule has 3 aromatic rings. The number of nitrogens with zero attached hydrogens (tertiary/aromatic N) is 4. The molecule has 0 fully saturated rings. The standard InChI is InChI=1S/C16H18N6S/c1-3-18-16-21-11(2)14(23-16)13-6-8-19-15(22-13)20-10-12-5-4-7-17-9-12/h4-9H,3,10H2,1-2H3,(H,18,21)(H,19,20,22). The van der Waals surface area contributed by atoms with Gasteiger partial charge in [0.05, 0.1) is 16.3 Å². The summed E-state index contributed by atoms with van der Waals surface area (Å²) >= 11 is 1.61. The van der Waals surface area contributed by atoms with Crippen LogP contribution in [0, 0.1) is 6.92 Å². The fourth-order valence-electron chi connectivity index (χ4n) is 2.12. The summed E-state index contributed by atoms with van der Waals surface area (Å²) in [6.45, 7) is 5.55. The summed E-state index contributed by atoms with van der Waals surface area (Å²) in [5.41, 5.74) is 2.95. The topological polar surface area (TPSA) is 75.6 Å². The van der Waals surface area contributed by atoms with Crippen LogP contribution >= 0.6 is 11.3 Å². The average molecular weight is 326 g/mol. The first-order chi connectivity index (χ1) is 11.3. The fourth-order valence-corrected chi connectivity index (χ4v) is 3.12. The lowest BCUT2D eigenvalue weighted by Crippen LogP contribution is -2.04. The first kappa shape index (κ1) is 15.4. The van der Waals surface area contributed by atoms with Crippen LogP contribution in [0.1, 0.15) is 18.2 Å². The third-order valence-corrected chi connectivity index (χ3v) is 4.32. The molecule has 0 saturated carbocycles. The molecule has 0 atom stereocenters. The van der Waals surface area contributed by atoms with E-state index in [1.807, 2.05) is 31.3 Å². The summed E-state index contributed by atoms with van der Waals surface area (Å²) in [4.78, 5) is 18.6. The number of rotatable bonds is 6. The zero-order chi connectivity index (χ0) is 16.1. The smallest absolute Gasteiger partial charge is 0.223 e. The second-order valence-electron chi connectivity index (χ2n) is 4.94. The van der Waals surface area contributed by atoms with Gasteiger partial charge in [0, 0.05) is 31.7 Å². The van der Waals surface area contributed by atoms with E-state index in [-0.39, 0.29) is 0 Å². The lowest BCUT2D eigenvalue weighted by molar-refractivity contribution is 1.04. The number of anilines is 2. The van der Waals surface area contributed by atoms with Crippen molar-refractivity contribution in [2.24, 2.45) is 0 Å². The highest BCUT2D eigenvalue weighted by atomic mass is 32.1. The van der Waals surface area contributed by atoms with Gasteiger partial charge in [-0.1, -0.05) is 17.4 Å². The molecule has 3 aromatic heterocycles. The number of hydrogen-bond acceptors (Lipinski definition) is 7. The third kappa shape index (κ3) is 3.81. The maximum Gasteiger partial charge on any atom is 0.223 e. The molecule has 0 unspecified atom stereocenters. The normalized spacial score (nSPS) is 10.5. The van der Waals surface area contributed by atoms with E-state index in [0.29, 0.717) is 12.5 Å². The van der Waals surface area contributed by atoms with Crippen LogP contribution in [-0.4, -0.2) is 26.5 Å². The van der Waals surface area contributed by atoms with Gasteiger partial charge in [0.1, 0.15) is 0 Å². The lowest BCUT2D eigenvalue weighted by Gasteiger charge is -2.05. The number of aromatic nitrogens is 4. The Morgan fingerprint density at radius 3 is 2.83 bits per heavy atom. The van der Waals surface area contributed by atoms with Gasteiger partial charge in [-0.25, -0.2) is 15.0 Å². The molecule has 118 valence electrons. The molecule has 3 rings (SSSR count). The molecule has 2 N–H and O–H groups in total.